The molecule has 0 bridgehead atoms. The number of carbonyl (C=O) groups is 12. The van der Waals surface area contributed by atoms with Gasteiger partial charge in [0.05, 0.1) is 78.9 Å². The number of amides is 12. The summed E-state index contributed by atoms with van der Waals surface area (Å²) in [6, 6.07) is 42.0. The Bertz CT molecular complexity index is 7260. The molecule has 15 N–H and O–H groups in total. The minimum Gasteiger partial charge on any atom is -0.453 e. The summed E-state index contributed by atoms with van der Waals surface area (Å²) in [5.41, 5.74) is -2.85. The van der Waals surface area contributed by atoms with E-state index in [9.17, 15) is 72.9 Å². The predicted molar refractivity (Wildman–Crippen MR) is 576 cm³/mol. The highest BCUT2D eigenvalue weighted by Crippen LogP contribution is 2.30. The lowest BCUT2D eigenvalue weighted by Gasteiger charge is -2.36. The van der Waals surface area contributed by atoms with E-state index in [1.54, 1.807) is 228 Å². The van der Waals surface area contributed by atoms with Crippen molar-refractivity contribution in [1.29, 1.82) is 0 Å². The van der Waals surface area contributed by atoms with Gasteiger partial charge in [-0.05, 0) is 122 Å². The van der Waals surface area contributed by atoms with Crippen molar-refractivity contribution in [2.24, 2.45) is 32.5 Å². The SMILES string of the molecule is [2H]C([2H])([2H])C([C@H](NC(=O)OC)C(=O)N[C@@H](Cc1ccccc1)[C@@H](O)CN(Cc1ccc(-c2ccccn2)cc1)NC(=O)[C@@H](NC(C)=O)C(C)(C)C)(C([2H])([2H])[2H])C([2H])([2H])[2H].[2H]C([2H])([2H])C([C@H](NC(C)=O)C(=O)NN(Cc1ccc(-c2ccccn2)cc1)C[C@H](O)[C@H](Cc1ccccc1)NC(=O)[C@@H](NC(=O)OC)C(C([2H])([2H])[2H])(C([2H])([2H])[2H])C([2H])([2H])[2H])(C([2H])([2H])[2H])C([2H])([2H])[2H].[2H]C([2H])([2H])OC(=O)N[C@H](C(=O)N[C@@H](Cc1ccccc1)[C@@H](O)CN(Cc1ccc(-c2ccccn2)cc1)NC(=O)[C@@H](NC(C)=O)C(C)(C)C)C(C([2H])([2H])[2H])(C([2H])([2H])[2H])C([2H])([2H])[2H]. The van der Waals surface area contributed by atoms with Gasteiger partial charge in [-0.1, -0.05) is 306 Å². The van der Waals surface area contributed by atoms with E-state index < -0.39 is 298 Å². The van der Waals surface area contributed by atoms with Crippen LogP contribution in [0, 0.1) is 32.5 Å². The summed E-state index contributed by atoms with van der Waals surface area (Å²) in [6.45, 7) is -37.0. The van der Waals surface area contributed by atoms with Crippen LogP contribution in [0.1, 0.15) is 231 Å². The first-order chi connectivity index (χ1) is 86.6. The van der Waals surface area contributed by atoms with Crippen molar-refractivity contribution >= 4 is 71.4 Å². The lowest BCUT2D eigenvalue weighted by Crippen LogP contribution is -2.60. The van der Waals surface area contributed by atoms with Gasteiger partial charge in [0, 0.05) is 145 Å². The van der Waals surface area contributed by atoms with Crippen molar-refractivity contribution < 1.29 is 141 Å². The van der Waals surface area contributed by atoms with Crippen molar-refractivity contribution in [1.82, 2.24) is 94.1 Å². The van der Waals surface area contributed by atoms with Gasteiger partial charge in [-0.15, -0.1) is 0 Å². The van der Waals surface area contributed by atoms with Crippen molar-refractivity contribution in [3.8, 4) is 33.8 Å². The molecule has 0 aliphatic rings. The number of hydrazine groups is 3. The minimum absolute atomic E-state index is 0.0407. The van der Waals surface area contributed by atoms with Crippen LogP contribution in [0.2, 0.25) is 0 Å². The van der Waals surface area contributed by atoms with E-state index in [4.69, 9.17) is 53.5 Å². The molecule has 0 saturated heterocycles. The summed E-state index contributed by atoms with van der Waals surface area (Å²) in [6.07, 6.45) is -6.68. The van der Waals surface area contributed by atoms with Gasteiger partial charge >= 0.3 is 18.3 Å². The van der Waals surface area contributed by atoms with Gasteiger partial charge in [0.1, 0.15) is 36.3 Å². The van der Waals surface area contributed by atoms with E-state index in [-0.39, 0.29) is 25.9 Å². The van der Waals surface area contributed by atoms with Crippen LogP contribution in [0.3, 0.4) is 0 Å². The number of ether oxygens (including phenoxy) is 3. The third-order valence-corrected chi connectivity index (χ3v) is 22.5. The molecular weight excluding hydrogens is 1910 g/mol. The van der Waals surface area contributed by atoms with Gasteiger partial charge in [-0.3, -0.25) is 74.4 Å². The van der Waals surface area contributed by atoms with Crippen LogP contribution in [-0.2, 0) is 96.3 Å². The number of alkyl carbamates (subject to hydrolysis) is 3. The van der Waals surface area contributed by atoms with Gasteiger partial charge in [0.15, 0.2) is 0 Å². The zero-order valence-electron chi connectivity index (χ0n) is 123. The first-order valence-electron chi connectivity index (χ1n) is 66.3. The van der Waals surface area contributed by atoms with E-state index in [2.05, 4.69) is 72.0 Å². The molecule has 0 fully saturated rings. The number of aliphatic hydroxyl groups excluding tert-OH is 3. The van der Waals surface area contributed by atoms with Crippen molar-refractivity contribution in [2.45, 2.75) is 256 Å². The standard InChI is InChI=1S/3C38H52N6O6/c3*1-25(45)40-33(38(5,6)7)35(48)43-44(23-27-17-19-28(20-18-27)29-16-12-13-21-39-29)24-31(46)30(22-26-14-10-9-11-15-26)41-34(47)32(37(2,3)4)42-36(49)50-8/h3*9-21,30-33,46H,22-24H2,1-8H3,(H,40,45)(H,41,47)(H,42,49)(H,43,48)/t3*30-,31-,32+,33+/m000/s1/i2D3,3D3,4D3,5D3,6D3,7D3;2D3,3D3,4D3,8D3;2D3,3D3,4D3. The lowest BCUT2D eigenvalue weighted by molar-refractivity contribution is -0.135. The molecule has 0 unspecified atom stereocenters. The second kappa shape index (κ2) is 57.4. The molecule has 0 saturated carbocycles. The Labute approximate surface area is 937 Å². The highest BCUT2D eigenvalue weighted by Gasteiger charge is 2.43. The van der Waals surface area contributed by atoms with Crippen LogP contribution in [0.25, 0.3) is 33.8 Å². The fourth-order valence-electron chi connectivity index (χ4n) is 15.0. The number of carbonyl (C=O) groups excluding carboxylic acids is 12. The van der Waals surface area contributed by atoms with E-state index in [1.807, 2.05) is 47.0 Å². The Morgan fingerprint density at radius 2 is 0.513 bits per heavy atom. The first-order valence-corrected chi connectivity index (χ1v) is 46.8. The number of methoxy groups -OCH3 is 3. The molecule has 36 nitrogen and oxygen atoms in total. The Hall–Kier alpha value is -14.4. The Balaban J connectivity index is 0.000000378. The van der Waals surface area contributed by atoms with Crippen LogP contribution in [0.5, 0.6) is 0 Å². The van der Waals surface area contributed by atoms with Crippen molar-refractivity contribution in [2.75, 3.05) is 40.9 Å². The number of pyridine rings is 3. The molecule has 36 heteroatoms. The number of benzene rings is 6. The third kappa shape index (κ3) is 41.6. The molecule has 12 amide bonds. The number of hydrogen-bond acceptors (Lipinski definition) is 24. The third-order valence-electron chi connectivity index (χ3n) is 22.5. The van der Waals surface area contributed by atoms with Gasteiger partial charge in [-0.25, -0.2) is 29.4 Å². The van der Waals surface area contributed by atoms with Crippen molar-refractivity contribution in [3.63, 3.8) is 0 Å². The van der Waals surface area contributed by atoms with Crippen LogP contribution in [-0.4, -0.2) is 230 Å². The number of aliphatic hydroxyl groups is 3. The molecule has 9 aromatic rings. The normalized spacial score (nSPS) is 19.1. The largest absolute Gasteiger partial charge is 0.453 e. The topological polar surface area (TPSA) is 486 Å². The van der Waals surface area contributed by atoms with E-state index >= 15 is 0 Å². The van der Waals surface area contributed by atoms with Crippen LogP contribution >= 0.6 is 0 Å². The average Bonchev–Trinajstić information content (AvgIpc) is 0.712. The summed E-state index contributed by atoms with van der Waals surface area (Å²) in [7, 11) is -1.89. The van der Waals surface area contributed by atoms with Crippen LogP contribution < -0.4 is 64.1 Å². The number of nitrogens with zero attached hydrogens (tertiary/aromatic N) is 6. The summed E-state index contributed by atoms with van der Waals surface area (Å²) >= 11 is 0. The van der Waals surface area contributed by atoms with Gasteiger partial charge in [0.25, 0.3) is 17.7 Å². The monoisotopic (exact) mass is 2100 g/mol. The number of aromatic nitrogens is 3. The molecule has 3 aromatic heterocycles. The zero-order valence-corrected chi connectivity index (χ0v) is 84.5. The molecular formula is C114H156N18O18. The molecule has 150 heavy (non-hydrogen) atoms. The minimum atomic E-state index is -4.08. The molecule has 9 rings (SSSR count). The molecule has 0 spiro atoms. The average molecular weight is 2110 g/mol. The highest BCUT2D eigenvalue weighted by molar-refractivity contribution is 5.91. The maximum Gasteiger partial charge on any atom is 0.407 e. The summed E-state index contributed by atoms with van der Waals surface area (Å²) in [4.78, 5) is 173. The quantitative estimate of drug-likeness (QED) is 0.0125. The fraction of sp³-hybridized carbons (Fsp3) is 0.447. The van der Waals surface area contributed by atoms with Crippen molar-refractivity contribution in [3.05, 3.63) is 270 Å². The number of hydrogen-bond donors (Lipinski definition) is 15. The molecule has 3 heterocycles. The number of rotatable bonds is 42. The second-order valence-corrected chi connectivity index (χ2v) is 37.4. The molecule has 0 radical (unpaired) electrons. The predicted octanol–water partition coefficient (Wildman–Crippen LogP) is 12.0. The Morgan fingerprint density at radius 1 is 0.287 bits per heavy atom. The fourth-order valence-corrected chi connectivity index (χ4v) is 15.0. The molecule has 12 atom stereocenters. The summed E-state index contributed by atoms with van der Waals surface area (Å²) in [5.74, 6) is -10.3. The highest BCUT2D eigenvalue weighted by atomic mass is 16.5. The zero-order chi connectivity index (χ0) is 144. The molecule has 6 aromatic carbocycles. The summed E-state index contributed by atoms with van der Waals surface area (Å²) < 4.78 is 330. The maximum atomic E-state index is 14.4. The van der Waals surface area contributed by atoms with Gasteiger partial charge in [-0.2, -0.15) is 0 Å². The van der Waals surface area contributed by atoms with E-state index in [0.717, 1.165) is 37.3 Å². The van der Waals surface area contributed by atoms with Crippen LogP contribution in [0.4, 0.5) is 14.4 Å². The smallest absolute Gasteiger partial charge is 0.407 e. The number of nitrogens with one attached hydrogen (secondary N) is 12. The Kier molecular flexibility index (Phi) is 28.8. The lowest BCUT2D eigenvalue weighted by atomic mass is 9.85. The first kappa shape index (κ1) is 75.3. The van der Waals surface area contributed by atoms with Gasteiger partial charge in [0.2, 0.25) is 35.4 Å². The second-order valence-electron chi connectivity index (χ2n) is 37.4. The summed E-state index contributed by atoms with van der Waals surface area (Å²) in [5, 5.41) is 58.9. The molecule has 0 aliphatic heterocycles. The van der Waals surface area contributed by atoms with Gasteiger partial charge < -0.3 is 77.4 Å². The molecule has 810 valence electrons. The van der Waals surface area contributed by atoms with Crippen LogP contribution in [0.15, 0.2) is 237 Å². The molecule has 0 aliphatic carbocycles. The maximum absolute atomic E-state index is 14.4. The van der Waals surface area contributed by atoms with E-state index in [0.29, 0.717) is 56.0 Å². The Morgan fingerprint density at radius 3 is 0.720 bits per heavy atom. The van der Waals surface area contributed by atoms with E-state index in [1.165, 1.54) is 48.1 Å².